The van der Waals surface area contributed by atoms with Crippen molar-refractivity contribution in [2.24, 2.45) is 5.41 Å². The molecule has 2 saturated heterocycles. The van der Waals surface area contributed by atoms with Gasteiger partial charge in [0.25, 0.3) is 5.91 Å². The summed E-state index contributed by atoms with van der Waals surface area (Å²) in [6.07, 6.45) is -0.940. The van der Waals surface area contributed by atoms with E-state index < -0.39 is 17.6 Å². The fourth-order valence-corrected chi connectivity index (χ4v) is 4.80. The molecular weight excluding hydrogens is 480 g/mol. The highest BCUT2D eigenvalue weighted by molar-refractivity contribution is 9.10. The van der Waals surface area contributed by atoms with Crippen molar-refractivity contribution >= 4 is 50.7 Å². The number of carbonyl (C=O) groups excluding carboxylic acids is 2. The monoisotopic (exact) mass is 496 g/mol. The van der Waals surface area contributed by atoms with Crippen molar-refractivity contribution in [3.63, 3.8) is 0 Å². The van der Waals surface area contributed by atoms with Crippen molar-refractivity contribution in [3.05, 3.63) is 93.9 Å². The van der Waals surface area contributed by atoms with E-state index in [1.807, 2.05) is 42.5 Å². The van der Waals surface area contributed by atoms with Crippen LogP contribution in [-0.2, 0) is 14.4 Å². The summed E-state index contributed by atoms with van der Waals surface area (Å²) in [7, 11) is 0. The molecule has 0 spiro atoms. The third kappa shape index (κ3) is 3.09. The minimum absolute atomic E-state index is 0.289. The van der Waals surface area contributed by atoms with Gasteiger partial charge in [-0.1, -0.05) is 57.9 Å². The van der Waals surface area contributed by atoms with Gasteiger partial charge in [-0.2, -0.15) is 0 Å². The Balaban J connectivity index is 1.63. The number of hydrogen-bond acceptors (Lipinski definition) is 4. The Kier molecular flexibility index (Phi) is 4.88. The fourth-order valence-electron chi connectivity index (χ4n) is 4.41. The van der Waals surface area contributed by atoms with Gasteiger partial charge in [0.05, 0.1) is 17.4 Å². The highest BCUT2D eigenvalue weighted by Crippen LogP contribution is 2.55. The molecule has 2 heterocycles. The van der Waals surface area contributed by atoms with Gasteiger partial charge >= 0.3 is 0 Å². The molecule has 156 valence electrons. The lowest BCUT2D eigenvalue weighted by molar-refractivity contribution is -0.128. The number of anilines is 2. The topological polar surface area (TPSA) is 49.9 Å². The maximum absolute atomic E-state index is 13.8. The second-order valence-corrected chi connectivity index (χ2v) is 9.19. The first-order valence-corrected chi connectivity index (χ1v) is 11.0. The molecule has 0 saturated carbocycles. The summed E-state index contributed by atoms with van der Waals surface area (Å²) in [5.41, 5.74) is 1.03. The first-order valence-electron chi connectivity index (χ1n) is 9.82. The van der Waals surface area contributed by atoms with Crippen molar-refractivity contribution in [2.75, 3.05) is 9.96 Å². The van der Waals surface area contributed by atoms with Gasteiger partial charge in [0.1, 0.15) is 5.41 Å². The molecule has 0 radical (unpaired) electrons. The van der Waals surface area contributed by atoms with Crippen molar-refractivity contribution < 1.29 is 14.4 Å². The van der Waals surface area contributed by atoms with Gasteiger partial charge in [-0.05, 0) is 61.0 Å². The van der Waals surface area contributed by atoms with Gasteiger partial charge in [-0.15, -0.1) is 0 Å². The van der Waals surface area contributed by atoms with E-state index in [4.69, 9.17) is 16.4 Å². The van der Waals surface area contributed by atoms with E-state index in [9.17, 15) is 9.59 Å². The Morgan fingerprint density at radius 1 is 0.903 bits per heavy atom. The van der Waals surface area contributed by atoms with E-state index >= 15 is 0 Å². The van der Waals surface area contributed by atoms with Crippen molar-refractivity contribution in [1.29, 1.82) is 0 Å². The van der Waals surface area contributed by atoms with Crippen LogP contribution in [0.2, 0.25) is 5.02 Å². The van der Waals surface area contributed by atoms with E-state index in [1.165, 1.54) is 4.90 Å². The van der Waals surface area contributed by atoms with Crippen LogP contribution in [0.1, 0.15) is 18.5 Å². The van der Waals surface area contributed by atoms with E-state index in [0.717, 1.165) is 15.7 Å². The molecule has 0 aliphatic carbocycles. The molecule has 0 aromatic heterocycles. The number of nitrogens with zero attached hydrogens (tertiary/aromatic N) is 2. The Hall–Kier alpha value is -2.67. The van der Waals surface area contributed by atoms with Crippen LogP contribution in [0.25, 0.3) is 0 Å². The highest BCUT2D eigenvalue weighted by atomic mass is 79.9. The summed E-state index contributed by atoms with van der Waals surface area (Å²) < 4.78 is 0.868. The molecular formula is C24H18BrClN2O3. The molecule has 2 fully saturated rings. The van der Waals surface area contributed by atoms with Gasteiger partial charge in [0.2, 0.25) is 5.91 Å². The summed E-state index contributed by atoms with van der Waals surface area (Å²) in [4.78, 5) is 34.7. The average molecular weight is 498 g/mol. The molecule has 0 N–H and O–H groups in total. The average Bonchev–Trinajstić information content (AvgIpc) is 3.19. The summed E-state index contributed by atoms with van der Waals surface area (Å²) in [6.45, 7) is 1.80. The Bertz CT molecular complexity index is 1150. The number of imide groups is 1. The molecule has 2 aliphatic rings. The van der Waals surface area contributed by atoms with E-state index in [-0.39, 0.29) is 11.8 Å². The summed E-state index contributed by atoms with van der Waals surface area (Å²) in [5, 5.41) is 2.28. The number of benzene rings is 3. The van der Waals surface area contributed by atoms with Crippen LogP contribution in [-0.4, -0.2) is 17.9 Å². The number of amides is 2. The third-order valence-electron chi connectivity index (χ3n) is 5.96. The van der Waals surface area contributed by atoms with E-state index in [0.29, 0.717) is 10.7 Å². The van der Waals surface area contributed by atoms with Crippen LogP contribution in [0, 0.1) is 5.41 Å². The lowest BCUT2D eigenvalue weighted by Gasteiger charge is -2.32. The van der Waals surface area contributed by atoms with Gasteiger partial charge in [0.15, 0.2) is 6.10 Å². The van der Waals surface area contributed by atoms with E-state index in [2.05, 4.69) is 15.9 Å². The lowest BCUT2D eigenvalue weighted by atomic mass is 9.76. The number of rotatable bonds is 3. The molecule has 2 amide bonds. The van der Waals surface area contributed by atoms with Gasteiger partial charge in [0, 0.05) is 9.50 Å². The molecule has 5 nitrogen and oxygen atoms in total. The molecule has 3 unspecified atom stereocenters. The molecule has 3 aromatic carbocycles. The van der Waals surface area contributed by atoms with Crippen molar-refractivity contribution in [2.45, 2.75) is 19.1 Å². The molecule has 3 atom stereocenters. The number of fused-ring (bicyclic) bond motifs is 1. The second kappa shape index (κ2) is 7.48. The number of halogens is 2. The smallest absolute Gasteiger partial charge is 0.266 e. The zero-order valence-electron chi connectivity index (χ0n) is 16.5. The normalized spacial score (nSPS) is 25.3. The Morgan fingerprint density at radius 2 is 1.55 bits per heavy atom. The molecule has 0 bridgehead atoms. The first kappa shape index (κ1) is 20.2. The standard InChI is InChI=1S/C24H18BrClN2O3/c1-24-20(15-7-11-17(26)12-8-15)28(19-5-3-2-4-6-19)31-21(24)22(29)27(23(24)30)18-13-9-16(25)10-14-18/h2-14,20-21H,1H3. The quantitative estimate of drug-likeness (QED) is 0.446. The molecule has 5 rings (SSSR count). The maximum Gasteiger partial charge on any atom is 0.266 e. The predicted molar refractivity (Wildman–Crippen MR) is 123 cm³/mol. The minimum atomic E-state index is -1.12. The lowest BCUT2D eigenvalue weighted by Crippen LogP contribution is -2.41. The maximum atomic E-state index is 13.8. The zero-order chi connectivity index (χ0) is 21.8. The van der Waals surface area contributed by atoms with Crippen LogP contribution < -0.4 is 9.96 Å². The molecule has 7 heteroatoms. The van der Waals surface area contributed by atoms with Gasteiger partial charge in [-0.25, -0.2) is 9.96 Å². The Morgan fingerprint density at radius 3 is 2.19 bits per heavy atom. The van der Waals surface area contributed by atoms with Crippen molar-refractivity contribution in [1.82, 2.24) is 0 Å². The third-order valence-corrected chi connectivity index (χ3v) is 6.74. The molecule has 3 aromatic rings. The number of carbonyl (C=O) groups is 2. The SMILES string of the molecule is CC12C(=O)N(c3ccc(Br)cc3)C(=O)C1ON(c1ccccc1)C2c1ccc(Cl)cc1. The second-order valence-electron chi connectivity index (χ2n) is 7.84. The number of para-hydroxylation sites is 1. The molecule has 31 heavy (non-hydrogen) atoms. The predicted octanol–water partition coefficient (Wildman–Crippen LogP) is 5.54. The van der Waals surface area contributed by atoms with Crippen LogP contribution in [0.4, 0.5) is 11.4 Å². The minimum Gasteiger partial charge on any atom is -0.273 e. The Labute approximate surface area is 193 Å². The van der Waals surface area contributed by atoms with Crippen LogP contribution >= 0.6 is 27.5 Å². The fraction of sp³-hybridized carbons (Fsp3) is 0.167. The number of hydroxylamine groups is 1. The summed E-state index contributed by atoms with van der Waals surface area (Å²) in [6, 6.07) is 23.4. The largest absolute Gasteiger partial charge is 0.273 e. The van der Waals surface area contributed by atoms with Gasteiger partial charge in [-0.3, -0.25) is 14.4 Å². The van der Waals surface area contributed by atoms with Crippen molar-refractivity contribution in [3.8, 4) is 0 Å². The zero-order valence-corrected chi connectivity index (χ0v) is 18.9. The van der Waals surface area contributed by atoms with Crippen LogP contribution in [0.5, 0.6) is 0 Å². The first-order chi connectivity index (χ1) is 14.9. The number of hydrogen-bond donors (Lipinski definition) is 0. The summed E-state index contributed by atoms with van der Waals surface area (Å²) >= 11 is 9.50. The molecule has 2 aliphatic heterocycles. The van der Waals surface area contributed by atoms with E-state index in [1.54, 1.807) is 48.4 Å². The van der Waals surface area contributed by atoms with Gasteiger partial charge < -0.3 is 0 Å². The van der Waals surface area contributed by atoms with Crippen LogP contribution in [0.15, 0.2) is 83.3 Å². The highest BCUT2D eigenvalue weighted by Gasteiger charge is 2.68. The summed E-state index contributed by atoms with van der Waals surface area (Å²) in [5.74, 6) is -0.657. The van der Waals surface area contributed by atoms with Crippen LogP contribution in [0.3, 0.4) is 0 Å².